The van der Waals surface area contributed by atoms with E-state index in [1.807, 2.05) is 13.8 Å². The minimum Gasteiger partial charge on any atom is -0.315 e. The summed E-state index contributed by atoms with van der Waals surface area (Å²) in [4.78, 5) is 25.8. The number of amides is 2. The zero-order valence-electron chi connectivity index (χ0n) is 11.5. The third-order valence-corrected chi connectivity index (χ3v) is 3.46. The van der Waals surface area contributed by atoms with Crippen LogP contribution in [0, 0.1) is 0 Å². The van der Waals surface area contributed by atoms with Crippen molar-refractivity contribution in [2.45, 2.75) is 32.7 Å². The molecule has 3 rings (SSSR count). The van der Waals surface area contributed by atoms with Crippen molar-refractivity contribution < 1.29 is 9.59 Å². The van der Waals surface area contributed by atoms with E-state index >= 15 is 0 Å². The number of fused-ring (bicyclic) bond motifs is 1. The van der Waals surface area contributed by atoms with Gasteiger partial charge in [-0.05, 0) is 31.5 Å². The number of piperidine rings is 1. The van der Waals surface area contributed by atoms with E-state index in [1.165, 1.54) is 4.90 Å². The van der Waals surface area contributed by atoms with Crippen LogP contribution in [0.2, 0.25) is 0 Å². The molecule has 0 saturated carbocycles. The monoisotopic (exact) mass is 260 g/mol. The topological polar surface area (TPSA) is 49.4 Å². The van der Waals surface area contributed by atoms with Gasteiger partial charge in [0.25, 0.3) is 11.8 Å². The fourth-order valence-electron chi connectivity index (χ4n) is 2.59. The Morgan fingerprint density at radius 1 is 1.11 bits per heavy atom. The van der Waals surface area contributed by atoms with Crippen LogP contribution in [0.4, 0.5) is 0 Å². The quantitative estimate of drug-likeness (QED) is 0.786. The van der Waals surface area contributed by atoms with Crippen molar-refractivity contribution in [2.24, 2.45) is 0 Å². The highest BCUT2D eigenvalue weighted by Gasteiger charge is 2.39. The zero-order chi connectivity index (χ0) is 13.8. The molecule has 2 aliphatic heterocycles. The summed E-state index contributed by atoms with van der Waals surface area (Å²) in [5.41, 5.74) is 1.09. The van der Waals surface area contributed by atoms with Crippen molar-refractivity contribution in [3.63, 3.8) is 0 Å². The number of nitrogens with zero attached hydrogens (tertiary/aromatic N) is 1. The number of carbonyl (C=O) groups is 2. The minimum atomic E-state index is -0.140. The Hall–Kier alpha value is -1.68. The molecule has 1 aromatic carbocycles. The van der Waals surface area contributed by atoms with Crippen molar-refractivity contribution in [1.29, 1.82) is 0 Å². The fraction of sp³-hybridized carbons (Fsp3) is 0.467. The summed E-state index contributed by atoms with van der Waals surface area (Å²) in [7, 11) is 0. The summed E-state index contributed by atoms with van der Waals surface area (Å²) in [5, 5.41) is 3.23. The second-order valence-electron chi connectivity index (χ2n) is 4.53. The second-order valence-corrected chi connectivity index (χ2v) is 4.53. The molecule has 4 nitrogen and oxygen atoms in total. The van der Waals surface area contributed by atoms with Gasteiger partial charge in [0.15, 0.2) is 0 Å². The smallest absolute Gasteiger partial charge is 0.261 e. The van der Waals surface area contributed by atoms with E-state index in [0.29, 0.717) is 17.7 Å². The molecule has 1 fully saturated rings. The normalized spacial score (nSPS) is 21.8. The number of nitrogens with one attached hydrogen (secondary N) is 1. The first-order valence-electron chi connectivity index (χ1n) is 6.96. The molecule has 2 heterocycles. The number of carbonyl (C=O) groups excluding carboxylic acids is 2. The molecule has 4 heteroatoms. The van der Waals surface area contributed by atoms with Gasteiger partial charge in [-0.1, -0.05) is 26.0 Å². The predicted octanol–water partition coefficient (Wildman–Crippen LogP) is 2.06. The maximum Gasteiger partial charge on any atom is 0.261 e. The van der Waals surface area contributed by atoms with Gasteiger partial charge in [0.2, 0.25) is 0 Å². The van der Waals surface area contributed by atoms with Crippen LogP contribution < -0.4 is 5.32 Å². The molecular weight excluding hydrogens is 240 g/mol. The van der Waals surface area contributed by atoms with E-state index in [1.54, 1.807) is 24.3 Å². The Labute approximate surface area is 113 Å². The number of hydrogen-bond donors (Lipinski definition) is 1. The molecule has 0 radical (unpaired) electrons. The predicted molar refractivity (Wildman–Crippen MR) is 74.2 cm³/mol. The molecule has 0 aliphatic carbocycles. The lowest BCUT2D eigenvalue weighted by molar-refractivity contribution is 0.0561. The maximum absolute atomic E-state index is 12.2. The lowest BCUT2D eigenvalue weighted by Crippen LogP contribution is -2.48. The minimum absolute atomic E-state index is 0.0103. The highest BCUT2D eigenvalue weighted by atomic mass is 16.2. The molecule has 1 unspecified atom stereocenters. The summed E-state index contributed by atoms with van der Waals surface area (Å²) >= 11 is 0. The van der Waals surface area contributed by atoms with Crippen LogP contribution in [0.25, 0.3) is 0 Å². The average molecular weight is 260 g/mol. The highest BCUT2D eigenvalue weighted by molar-refractivity contribution is 6.21. The van der Waals surface area contributed by atoms with Crippen molar-refractivity contribution in [2.75, 3.05) is 13.1 Å². The summed E-state index contributed by atoms with van der Waals surface area (Å²) in [6.07, 6.45) is 1.91. The van der Waals surface area contributed by atoms with Gasteiger partial charge in [0.05, 0.1) is 17.2 Å². The standard InChI is InChI=1S/C13H14N2O2.C2H6/c16-12-10-5-1-2-6-11(10)13(17)15(12)9-4-3-7-14-8-9;1-2/h1-2,5-6,9,14H,3-4,7-8H2;1-2H3. The van der Waals surface area contributed by atoms with Gasteiger partial charge in [-0.15, -0.1) is 0 Å². The largest absolute Gasteiger partial charge is 0.315 e. The molecule has 0 bridgehead atoms. The van der Waals surface area contributed by atoms with Gasteiger partial charge >= 0.3 is 0 Å². The van der Waals surface area contributed by atoms with Crippen LogP contribution in [0.15, 0.2) is 24.3 Å². The van der Waals surface area contributed by atoms with Crippen molar-refractivity contribution in [3.05, 3.63) is 35.4 Å². The van der Waals surface area contributed by atoms with Gasteiger partial charge in [-0.25, -0.2) is 0 Å². The first-order valence-corrected chi connectivity index (χ1v) is 6.96. The van der Waals surface area contributed by atoms with Crippen molar-refractivity contribution in [3.8, 4) is 0 Å². The summed E-state index contributed by atoms with van der Waals surface area (Å²) in [5.74, 6) is -0.279. The SMILES string of the molecule is CC.O=C1c2ccccc2C(=O)N1C1CCCNC1. The zero-order valence-corrected chi connectivity index (χ0v) is 11.5. The van der Waals surface area contributed by atoms with Gasteiger partial charge in [0.1, 0.15) is 0 Å². The maximum atomic E-state index is 12.2. The summed E-state index contributed by atoms with van der Waals surface area (Å²) in [6.45, 7) is 5.69. The third-order valence-electron chi connectivity index (χ3n) is 3.46. The number of rotatable bonds is 1. The molecule has 2 aliphatic rings. The van der Waals surface area contributed by atoms with E-state index < -0.39 is 0 Å². The van der Waals surface area contributed by atoms with Crippen molar-refractivity contribution in [1.82, 2.24) is 10.2 Å². The van der Waals surface area contributed by atoms with Gasteiger partial charge < -0.3 is 5.32 Å². The molecule has 0 aromatic heterocycles. The van der Waals surface area contributed by atoms with E-state index in [4.69, 9.17) is 0 Å². The highest BCUT2D eigenvalue weighted by Crippen LogP contribution is 2.26. The Balaban J connectivity index is 0.000000637. The molecule has 19 heavy (non-hydrogen) atoms. The Morgan fingerprint density at radius 2 is 1.68 bits per heavy atom. The number of hydrogen-bond acceptors (Lipinski definition) is 3. The number of benzene rings is 1. The van der Waals surface area contributed by atoms with E-state index in [0.717, 1.165) is 19.4 Å². The molecular formula is C15H20N2O2. The number of imide groups is 1. The molecule has 1 saturated heterocycles. The summed E-state index contributed by atoms with van der Waals surface area (Å²) in [6, 6.07) is 7.06. The molecule has 102 valence electrons. The van der Waals surface area contributed by atoms with Crippen LogP contribution >= 0.6 is 0 Å². The first kappa shape index (κ1) is 13.7. The fourth-order valence-corrected chi connectivity index (χ4v) is 2.59. The van der Waals surface area contributed by atoms with Gasteiger partial charge in [-0.2, -0.15) is 0 Å². The van der Waals surface area contributed by atoms with Crippen LogP contribution in [0.5, 0.6) is 0 Å². The van der Waals surface area contributed by atoms with Crippen LogP contribution in [-0.4, -0.2) is 35.8 Å². The van der Waals surface area contributed by atoms with Crippen LogP contribution in [0.1, 0.15) is 47.4 Å². The van der Waals surface area contributed by atoms with Crippen LogP contribution in [-0.2, 0) is 0 Å². The van der Waals surface area contributed by atoms with Crippen molar-refractivity contribution >= 4 is 11.8 Å². The van der Waals surface area contributed by atoms with E-state index in [9.17, 15) is 9.59 Å². The van der Waals surface area contributed by atoms with E-state index in [-0.39, 0.29) is 17.9 Å². The van der Waals surface area contributed by atoms with E-state index in [2.05, 4.69) is 5.32 Å². The molecule has 1 aromatic rings. The van der Waals surface area contributed by atoms with Gasteiger partial charge in [-0.3, -0.25) is 14.5 Å². The molecule has 1 N–H and O–H groups in total. The molecule has 0 spiro atoms. The van der Waals surface area contributed by atoms with Crippen LogP contribution in [0.3, 0.4) is 0 Å². The average Bonchev–Trinajstić information content (AvgIpc) is 2.75. The first-order chi connectivity index (χ1) is 9.29. The summed E-state index contributed by atoms with van der Waals surface area (Å²) < 4.78 is 0. The Bertz CT molecular complexity index is 444. The van der Waals surface area contributed by atoms with Gasteiger partial charge in [0, 0.05) is 6.54 Å². The Morgan fingerprint density at radius 3 is 2.16 bits per heavy atom. The molecule has 2 amide bonds. The lowest BCUT2D eigenvalue weighted by atomic mass is 10.1. The Kier molecular flexibility index (Phi) is 4.32. The molecule has 1 atom stereocenters. The lowest BCUT2D eigenvalue weighted by Gasteiger charge is -2.29. The third kappa shape index (κ3) is 2.40. The second kappa shape index (κ2) is 5.97.